The van der Waals surface area contributed by atoms with Gasteiger partial charge in [0.15, 0.2) is 9.84 Å². The van der Waals surface area contributed by atoms with Crippen molar-refractivity contribution < 1.29 is 41.1 Å². The van der Waals surface area contributed by atoms with Gasteiger partial charge in [-0.25, -0.2) is 13.2 Å². The van der Waals surface area contributed by atoms with E-state index in [-0.39, 0.29) is 64.7 Å². The summed E-state index contributed by atoms with van der Waals surface area (Å²) in [6, 6.07) is 5.58. The molecule has 0 aromatic heterocycles. The molecule has 0 aliphatic carbocycles. The monoisotopic (exact) mass is 638 g/mol. The highest BCUT2D eigenvalue weighted by Crippen LogP contribution is 2.38. The van der Waals surface area contributed by atoms with Crippen LogP contribution in [0, 0.1) is 0 Å². The maximum absolute atomic E-state index is 14.2. The third kappa shape index (κ3) is 7.82. The minimum atomic E-state index is -4.87. The molecule has 1 saturated heterocycles. The Morgan fingerprint density at radius 2 is 1.71 bits per heavy atom. The number of hydrogen-bond acceptors (Lipinski definition) is 6. The number of alkyl halides is 3. The first-order chi connectivity index (χ1) is 19.0. The van der Waals surface area contributed by atoms with Gasteiger partial charge in [0.25, 0.3) is 5.91 Å². The number of carboxylic acid groups (broad SMARTS) is 1. The van der Waals surface area contributed by atoms with Gasteiger partial charge in [0.2, 0.25) is 5.91 Å². The van der Waals surface area contributed by atoms with Gasteiger partial charge in [-0.1, -0.05) is 30.1 Å². The first kappa shape index (κ1) is 32.4. The molecule has 0 atom stereocenters. The fourth-order valence-corrected chi connectivity index (χ4v) is 5.84. The molecule has 3 amide bonds. The lowest BCUT2D eigenvalue weighted by molar-refractivity contribution is -0.138. The summed E-state index contributed by atoms with van der Waals surface area (Å²) in [5, 5.41) is 10.4. The van der Waals surface area contributed by atoms with Crippen LogP contribution in [0.1, 0.15) is 28.4 Å². The van der Waals surface area contributed by atoms with E-state index in [0.717, 1.165) is 11.0 Å². The summed E-state index contributed by atoms with van der Waals surface area (Å²) in [6.45, 7) is 1.54. The Morgan fingerprint density at radius 1 is 1.07 bits per heavy atom. The van der Waals surface area contributed by atoms with Crippen LogP contribution in [0.25, 0.3) is 0 Å². The van der Waals surface area contributed by atoms with Crippen molar-refractivity contribution in [1.29, 1.82) is 0 Å². The van der Waals surface area contributed by atoms with Gasteiger partial charge in [0.1, 0.15) is 6.54 Å². The number of carbonyl (C=O) groups excluding carboxylic acids is 2. The lowest BCUT2D eigenvalue weighted by Gasteiger charge is -2.35. The number of carbonyl (C=O) groups is 3. The third-order valence-corrected chi connectivity index (χ3v) is 8.90. The largest absolute Gasteiger partial charge is 0.465 e. The summed E-state index contributed by atoms with van der Waals surface area (Å²) < 4.78 is 67.7. The van der Waals surface area contributed by atoms with Crippen molar-refractivity contribution in [2.24, 2.45) is 0 Å². The minimum Gasteiger partial charge on any atom is -0.465 e. The van der Waals surface area contributed by atoms with E-state index in [1.807, 2.05) is 5.32 Å². The Hall–Kier alpha value is -3.07. The number of benzene rings is 2. The van der Waals surface area contributed by atoms with Crippen LogP contribution < -0.4 is 10.2 Å². The van der Waals surface area contributed by atoms with Crippen LogP contribution >= 0.6 is 23.2 Å². The predicted octanol–water partition coefficient (Wildman–Crippen LogP) is 3.99. The summed E-state index contributed by atoms with van der Waals surface area (Å²) in [5.41, 5.74) is -1.89. The molecule has 224 valence electrons. The Labute approximate surface area is 244 Å². The van der Waals surface area contributed by atoms with Crippen molar-refractivity contribution in [2.45, 2.75) is 24.5 Å². The summed E-state index contributed by atoms with van der Waals surface area (Å²) >= 11 is 12.3. The smallest absolute Gasteiger partial charge is 0.416 e. The molecule has 41 heavy (non-hydrogen) atoms. The number of sulfone groups is 1. The van der Waals surface area contributed by atoms with E-state index in [4.69, 9.17) is 28.3 Å². The average molecular weight is 639 g/mol. The van der Waals surface area contributed by atoms with Crippen LogP contribution in [-0.4, -0.2) is 86.8 Å². The van der Waals surface area contributed by atoms with E-state index in [9.17, 15) is 36.0 Å². The SMILES string of the molecule is CCS(=O)(=O)c1ccc(Cl)cc1N(C)C(=O)c1cc(Cl)c(CN2CCN(C(=O)CNC(=O)O)CC2)c(C(F)(F)F)c1. The fourth-order valence-electron chi connectivity index (χ4n) is 4.29. The topological polar surface area (TPSA) is 127 Å². The number of amides is 3. The molecule has 0 bridgehead atoms. The Balaban J connectivity index is 1.87. The van der Waals surface area contributed by atoms with E-state index in [0.29, 0.717) is 6.07 Å². The molecule has 3 rings (SSSR count). The zero-order valence-electron chi connectivity index (χ0n) is 22.0. The molecule has 2 aromatic carbocycles. The Morgan fingerprint density at radius 3 is 2.27 bits per heavy atom. The van der Waals surface area contributed by atoms with Crippen LogP contribution in [0.5, 0.6) is 0 Å². The van der Waals surface area contributed by atoms with Gasteiger partial charge in [0.05, 0.1) is 21.9 Å². The lowest BCUT2D eigenvalue weighted by Crippen LogP contribution is -2.50. The molecule has 2 aromatic rings. The highest BCUT2D eigenvalue weighted by Gasteiger charge is 2.37. The van der Waals surface area contributed by atoms with Crippen LogP contribution in [-0.2, 0) is 27.4 Å². The number of halogens is 5. The van der Waals surface area contributed by atoms with E-state index in [1.165, 1.54) is 37.1 Å². The van der Waals surface area contributed by atoms with Gasteiger partial charge in [-0.15, -0.1) is 0 Å². The maximum Gasteiger partial charge on any atom is 0.416 e. The molecular formula is C25H27Cl2F3N4O6S. The van der Waals surface area contributed by atoms with E-state index >= 15 is 0 Å². The summed E-state index contributed by atoms with van der Waals surface area (Å²) in [5.74, 6) is -1.66. The Kier molecular flexibility index (Phi) is 10.2. The van der Waals surface area contributed by atoms with Gasteiger partial charge in [-0.3, -0.25) is 14.5 Å². The normalized spacial score (nSPS) is 14.6. The van der Waals surface area contributed by atoms with Crippen molar-refractivity contribution >= 4 is 56.6 Å². The van der Waals surface area contributed by atoms with Gasteiger partial charge in [0, 0.05) is 55.4 Å². The number of rotatable bonds is 8. The average Bonchev–Trinajstić information content (AvgIpc) is 2.91. The summed E-state index contributed by atoms with van der Waals surface area (Å²) in [7, 11) is -2.58. The molecule has 1 fully saturated rings. The number of anilines is 1. The molecule has 0 spiro atoms. The molecular weight excluding hydrogens is 612 g/mol. The van der Waals surface area contributed by atoms with Crippen molar-refractivity contribution in [1.82, 2.24) is 15.1 Å². The second-order valence-corrected chi connectivity index (χ2v) is 12.3. The van der Waals surface area contributed by atoms with Gasteiger partial charge < -0.3 is 20.2 Å². The second-order valence-electron chi connectivity index (χ2n) is 9.18. The summed E-state index contributed by atoms with van der Waals surface area (Å²) in [4.78, 5) is 39.8. The first-order valence-corrected chi connectivity index (χ1v) is 14.6. The second kappa shape index (κ2) is 12.8. The van der Waals surface area contributed by atoms with Crippen LogP contribution in [0.3, 0.4) is 0 Å². The number of hydrogen-bond donors (Lipinski definition) is 2. The molecule has 0 saturated carbocycles. The molecule has 0 unspecified atom stereocenters. The zero-order valence-corrected chi connectivity index (χ0v) is 24.3. The number of piperazine rings is 1. The van der Waals surface area contributed by atoms with Crippen LogP contribution in [0.15, 0.2) is 35.2 Å². The first-order valence-electron chi connectivity index (χ1n) is 12.2. The predicted molar refractivity (Wildman–Crippen MR) is 146 cm³/mol. The number of nitrogens with zero attached hydrogens (tertiary/aromatic N) is 3. The molecule has 1 aliphatic rings. The highest BCUT2D eigenvalue weighted by molar-refractivity contribution is 7.91. The molecule has 1 aliphatic heterocycles. The molecule has 2 N–H and O–H groups in total. The molecule has 1 heterocycles. The fraction of sp³-hybridized carbons (Fsp3) is 0.400. The maximum atomic E-state index is 14.2. The standard InChI is InChI=1S/C25H27Cl2F3N4O6S/c1-3-41(39,40)21-5-4-16(26)12-20(21)32(2)23(36)15-10-18(25(28,29)30)17(19(27)11-15)14-33-6-8-34(9-7-33)22(35)13-31-24(37)38/h4-5,10-12,31H,3,6-9,13-14H2,1-2H3,(H,37,38). The zero-order chi connectivity index (χ0) is 30.7. The van der Waals surface area contributed by atoms with Crippen molar-refractivity contribution in [3.05, 3.63) is 57.1 Å². The minimum absolute atomic E-state index is 0.0934. The lowest BCUT2D eigenvalue weighted by atomic mass is 10.0. The third-order valence-electron chi connectivity index (χ3n) is 6.55. The highest BCUT2D eigenvalue weighted by atomic mass is 35.5. The van der Waals surface area contributed by atoms with E-state index in [2.05, 4.69) is 0 Å². The van der Waals surface area contributed by atoms with Crippen LogP contribution in [0.2, 0.25) is 10.0 Å². The summed E-state index contributed by atoms with van der Waals surface area (Å²) in [6.07, 6.45) is -6.22. The van der Waals surface area contributed by atoms with E-state index < -0.39 is 51.6 Å². The van der Waals surface area contributed by atoms with Crippen molar-refractivity contribution in [3.63, 3.8) is 0 Å². The molecule has 0 radical (unpaired) electrons. The van der Waals surface area contributed by atoms with Gasteiger partial charge >= 0.3 is 12.3 Å². The molecule has 10 nitrogen and oxygen atoms in total. The Bertz CT molecular complexity index is 1450. The number of nitrogens with one attached hydrogen (secondary N) is 1. The van der Waals surface area contributed by atoms with Gasteiger partial charge in [-0.2, -0.15) is 13.2 Å². The van der Waals surface area contributed by atoms with Gasteiger partial charge in [-0.05, 0) is 35.9 Å². The molecule has 16 heteroatoms. The quantitative estimate of drug-likeness (QED) is 0.447. The van der Waals surface area contributed by atoms with E-state index in [1.54, 1.807) is 4.90 Å². The van der Waals surface area contributed by atoms with Crippen LogP contribution in [0.4, 0.5) is 23.7 Å². The van der Waals surface area contributed by atoms with Crippen molar-refractivity contribution in [2.75, 3.05) is 50.4 Å². The van der Waals surface area contributed by atoms with Crippen molar-refractivity contribution in [3.8, 4) is 0 Å².